The van der Waals surface area contributed by atoms with Crippen molar-refractivity contribution in [2.24, 2.45) is 0 Å². The number of likely N-dealkylation sites (N-methyl/N-ethyl adjacent to an activating group) is 1. The van der Waals surface area contributed by atoms with Crippen LogP contribution < -0.4 is 0 Å². The lowest BCUT2D eigenvalue weighted by Gasteiger charge is -2.31. The van der Waals surface area contributed by atoms with E-state index in [1.807, 2.05) is 0 Å². The number of aryl methyl sites for hydroxylation is 1. The molecular weight excluding hydrogens is 318 g/mol. The van der Waals surface area contributed by atoms with Gasteiger partial charge in [0.1, 0.15) is 9.84 Å². The van der Waals surface area contributed by atoms with Gasteiger partial charge in [-0.2, -0.15) is 0 Å². The van der Waals surface area contributed by atoms with Crippen molar-refractivity contribution in [1.29, 1.82) is 0 Å². The van der Waals surface area contributed by atoms with E-state index in [1.165, 1.54) is 6.07 Å². The zero-order chi connectivity index (χ0) is 17.2. The molecular formula is C16H21NO5S. The molecule has 1 heterocycles. The summed E-state index contributed by atoms with van der Waals surface area (Å²) in [5.74, 6) is -0.824. The maximum atomic E-state index is 12.4. The summed E-state index contributed by atoms with van der Waals surface area (Å²) in [6, 6.07) is 4.66. The van der Waals surface area contributed by atoms with Crippen LogP contribution in [-0.4, -0.2) is 54.9 Å². The molecule has 1 aromatic carbocycles. The highest BCUT2D eigenvalue weighted by atomic mass is 32.2. The molecule has 0 aromatic heterocycles. The van der Waals surface area contributed by atoms with E-state index in [9.17, 15) is 18.0 Å². The Morgan fingerprint density at radius 2 is 1.87 bits per heavy atom. The second-order valence-electron chi connectivity index (χ2n) is 6.01. The Morgan fingerprint density at radius 3 is 2.39 bits per heavy atom. The van der Waals surface area contributed by atoms with Crippen molar-refractivity contribution in [1.82, 2.24) is 4.90 Å². The number of benzene rings is 1. The van der Waals surface area contributed by atoms with Crippen molar-refractivity contribution in [3.05, 3.63) is 34.9 Å². The van der Waals surface area contributed by atoms with Crippen LogP contribution in [0.25, 0.3) is 0 Å². The summed E-state index contributed by atoms with van der Waals surface area (Å²) in [6.07, 6.45) is 1.13. The minimum Gasteiger partial charge on any atom is -0.478 e. The summed E-state index contributed by atoms with van der Waals surface area (Å²) in [5, 5.41) is 8.96. The Labute approximate surface area is 136 Å². The van der Waals surface area contributed by atoms with Crippen LogP contribution in [-0.2, 0) is 21.1 Å². The molecule has 23 heavy (non-hydrogen) atoms. The zero-order valence-corrected chi connectivity index (χ0v) is 14.1. The van der Waals surface area contributed by atoms with Crippen LogP contribution in [0, 0.1) is 6.92 Å². The molecule has 1 aromatic rings. The lowest BCUT2D eigenvalue weighted by Crippen LogP contribution is -2.43. The van der Waals surface area contributed by atoms with E-state index in [0.717, 1.165) is 11.1 Å². The number of hydrogen-bond acceptors (Lipinski definition) is 4. The Morgan fingerprint density at radius 1 is 1.26 bits per heavy atom. The fourth-order valence-corrected chi connectivity index (χ4v) is 4.25. The summed E-state index contributed by atoms with van der Waals surface area (Å²) >= 11 is 0. The fraction of sp³-hybridized carbons (Fsp3) is 0.500. The number of carboxylic acids is 1. The van der Waals surface area contributed by atoms with Gasteiger partial charge in [-0.05, 0) is 43.0 Å². The van der Waals surface area contributed by atoms with Crippen LogP contribution in [0.2, 0.25) is 0 Å². The first kappa shape index (κ1) is 17.5. The first-order valence-corrected chi connectivity index (χ1v) is 9.30. The number of amides is 1. The monoisotopic (exact) mass is 339 g/mol. The smallest absolute Gasteiger partial charge is 0.335 e. The Balaban J connectivity index is 2.03. The average Bonchev–Trinajstić information content (AvgIpc) is 2.48. The Hall–Kier alpha value is -1.89. The van der Waals surface area contributed by atoms with Crippen LogP contribution in [0.4, 0.5) is 0 Å². The number of rotatable bonds is 4. The molecule has 1 aliphatic heterocycles. The summed E-state index contributed by atoms with van der Waals surface area (Å²) in [5.41, 5.74) is 1.75. The van der Waals surface area contributed by atoms with Gasteiger partial charge in [-0.3, -0.25) is 4.79 Å². The molecule has 1 amide bonds. The van der Waals surface area contributed by atoms with E-state index in [1.54, 1.807) is 31.0 Å². The highest BCUT2D eigenvalue weighted by Gasteiger charge is 2.28. The van der Waals surface area contributed by atoms with Gasteiger partial charge in [0.05, 0.1) is 23.5 Å². The van der Waals surface area contributed by atoms with Gasteiger partial charge < -0.3 is 10.0 Å². The molecule has 0 unspecified atom stereocenters. The third kappa shape index (κ3) is 4.31. The predicted molar refractivity (Wildman–Crippen MR) is 86.3 cm³/mol. The van der Waals surface area contributed by atoms with Crippen molar-refractivity contribution >= 4 is 21.7 Å². The summed E-state index contributed by atoms with van der Waals surface area (Å²) in [6.45, 7) is 1.78. The van der Waals surface area contributed by atoms with Crippen molar-refractivity contribution in [3.8, 4) is 0 Å². The summed E-state index contributed by atoms with van der Waals surface area (Å²) in [4.78, 5) is 25.0. The number of carbonyl (C=O) groups is 2. The third-order valence-electron chi connectivity index (χ3n) is 4.40. The fourth-order valence-electron chi connectivity index (χ4n) is 2.78. The minimum absolute atomic E-state index is 0.0513. The summed E-state index contributed by atoms with van der Waals surface area (Å²) in [7, 11) is -1.25. The van der Waals surface area contributed by atoms with Crippen molar-refractivity contribution in [3.63, 3.8) is 0 Å². The molecule has 0 aliphatic carbocycles. The van der Waals surface area contributed by atoms with Gasteiger partial charge >= 0.3 is 5.97 Å². The largest absolute Gasteiger partial charge is 0.478 e. The lowest BCUT2D eigenvalue weighted by molar-refractivity contribution is -0.131. The van der Waals surface area contributed by atoms with E-state index in [0.29, 0.717) is 12.8 Å². The molecule has 0 atom stereocenters. The molecule has 0 bridgehead atoms. The average molecular weight is 339 g/mol. The first-order valence-electron chi connectivity index (χ1n) is 7.48. The third-order valence-corrected chi connectivity index (χ3v) is 6.11. The molecule has 7 heteroatoms. The topological polar surface area (TPSA) is 91.8 Å². The quantitative estimate of drug-likeness (QED) is 0.892. The number of hydrogen-bond donors (Lipinski definition) is 1. The van der Waals surface area contributed by atoms with Gasteiger partial charge in [-0.1, -0.05) is 6.07 Å². The van der Waals surface area contributed by atoms with Gasteiger partial charge in [-0.25, -0.2) is 13.2 Å². The molecule has 0 radical (unpaired) electrons. The molecule has 0 saturated carbocycles. The SMILES string of the molecule is Cc1cc(C(=O)O)ccc1CC(=O)N(C)C1CCS(=O)(=O)CC1. The Kier molecular flexibility index (Phi) is 5.09. The van der Waals surface area contributed by atoms with E-state index in [2.05, 4.69) is 0 Å². The molecule has 1 aliphatic rings. The van der Waals surface area contributed by atoms with E-state index in [4.69, 9.17) is 5.11 Å². The van der Waals surface area contributed by atoms with Crippen LogP contribution in [0.3, 0.4) is 0 Å². The zero-order valence-electron chi connectivity index (χ0n) is 13.3. The van der Waals surface area contributed by atoms with Gasteiger partial charge in [0.25, 0.3) is 0 Å². The van der Waals surface area contributed by atoms with Crippen molar-refractivity contribution in [2.75, 3.05) is 18.6 Å². The number of aromatic carboxylic acids is 1. The van der Waals surface area contributed by atoms with Gasteiger partial charge in [0.15, 0.2) is 0 Å². The number of nitrogens with zero attached hydrogens (tertiary/aromatic N) is 1. The maximum Gasteiger partial charge on any atom is 0.335 e. The van der Waals surface area contributed by atoms with Gasteiger partial charge in [-0.15, -0.1) is 0 Å². The second kappa shape index (κ2) is 6.70. The highest BCUT2D eigenvalue weighted by Crippen LogP contribution is 2.19. The van der Waals surface area contributed by atoms with Gasteiger partial charge in [0, 0.05) is 13.1 Å². The van der Waals surface area contributed by atoms with E-state index < -0.39 is 15.8 Å². The van der Waals surface area contributed by atoms with E-state index in [-0.39, 0.29) is 35.4 Å². The van der Waals surface area contributed by atoms with Crippen LogP contribution in [0.15, 0.2) is 18.2 Å². The predicted octanol–water partition coefficient (Wildman–Crippen LogP) is 1.27. The van der Waals surface area contributed by atoms with Crippen LogP contribution in [0.5, 0.6) is 0 Å². The second-order valence-corrected chi connectivity index (χ2v) is 8.31. The molecule has 126 valence electrons. The van der Waals surface area contributed by atoms with Crippen molar-refractivity contribution < 1.29 is 23.1 Å². The minimum atomic E-state index is -2.95. The lowest BCUT2D eigenvalue weighted by atomic mass is 10.0. The highest BCUT2D eigenvalue weighted by molar-refractivity contribution is 7.91. The molecule has 2 rings (SSSR count). The molecule has 0 spiro atoms. The van der Waals surface area contributed by atoms with E-state index >= 15 is 0 Å². The molecule has 1 N–H and O–H groups in total. The Bertz CT molecular complexity index is 712. The number of sulfone groups is 1. The normalized spacial score (nSPS) is 17.7. The molecule has 6 nitrogen and oxygen atoms in total. The first-order chi connectivity index (χ1) is 10.7. The van der Waals surface area contributed by atoms with Crippen LogP contribution in [0.1, 0.15) is 34.3 Å². The van der Waals surface area contributed by atoms with Crippen LogP contribution >= 0.6 is 0 Å². The molecule has 1 saturated heterocycles. The summed E-state index contributed by atoms with van der Waals surface area (Å²) < 4.78 is 22.9. The molecule has 1 fully saturated rings. The van der Waals surface area contributed by atoms with Crippen molar-refractivity contribution in [2.45, 2.75) is 32.2 Å². The number of carboxylic acid groups (broad SMARTS) is 1. The standard InChI is InChI=1S/C16H21NO5S/c1-11-9-13(16(19)20)4-3-12(11)10-15(18)17(2)14-5-7-23(21,22)8-6-14/h3-4,9,14H,5-8,10H2,1-2H3,(H,19,20). The number of carbonyl (C=O) groups excluding carboxylic acids is 1. The van der Waals surface area contributed by atoms with Gasteiger partial charge in [0.2, 0.25) is 5.91 Å². The maximum absolute atomic E-state index is 12.4.